The zero-order valence-corrected chi connectivity index (χ0v) is 12.1. The summed E-state index contributed by atoms with van der Waals surface area (Å²) in [5, 5.41) is 10.6. The number of hydrogen-bond donors (Lipinski definition) is 1. The van der Waals surface area contributed by atoms with E-state index in [4.69, 9.17) is 0 Å². The van der Waals surface area contributed by atoms with Crippen molar-refractivity contribution in [1.82, 2.24) is 0 Å². The van der Waals surface area contributed by atoms with E-state index in [1.165, 1.54) is 12.0 Å². The van der Waals surface area contributed by atoms with Gasteiger partial charge < -0.3 is 10.0 Å². The zero-order chi connectivity index (χ0) is 14.2. The zero-order valence-electron chi connectivity index (χ0n) is 12.1. The molecule has 0 aromatic heterocycles. The first-order chi connectivity index (χ1) is 9.59. The molecule has 0 spiro atoms. The summed E-state index contributed by atoms with van der Waals surface area (Å²) < 4.78 is 0. The number of carbonyl (C=O) groups excluding carboxylic acids is 1. The second-order valence-electron chi connectivity index (χ2n) is 6.41. The highest BCUT2D eigenvalue weighted by Crippen LogP contribution is 2.36. The van der Waals surface area contributed by atoms with Gasteiger partial charge in [-0.05, 0) is 37.8 Å². The molecular weight excluding hydrogens is 250 g/mol. The van der Waals surface area contributed by atoms with Gasteiger partial charge in [-0.1, -0.05) is 37.5 Å². The fourth-order valence-corrected chi connectivity index (χ4v) is 3.70. The van der Waals surface area contributed by atoms with Gasteiger partial charge in [-0.25, -0.2) is 0 Å². The molecule has 1 aromatic rings. The van der Waals surface area contributed by atoms with Crippen LogP contribution in [0.25, 0.3) is 0 Å². The van der Waals surface area contributed by atoms with Gasteiger partial charge in [-0.3, -0.25) is 4.79 Å². The third-order valence-corrected chi connectivity index (χ3v) is 4.74. The van der Waals surface area contributed by atoms with Crippen molar-refractivity contribution in [3.63, 3.8) is 0 Å². The van der Waals surface area contributed by atoms with E-state index in [-0.39, 0.29) is 18.4 Å². The van der Waals surface area contributed by atoms with Crippen LogP contribution in [0.2, 0.25) is 0 Å². The number of anilines is 1. The molecule has 1 amide bonds. The normalized spacial score (nSPS) is 24.5. The smallest absolute Gasteiger partial charge is 0.230 e. The fourth-order valence-electron chi connectivity index (χ4n) is 3.70. The maximum absolute atomic E-state index is 12.7. The van der Waals surface area contributed by atoms with Crippen molar-refractivity contribution in [3.8, 4) is 0 Å². The second-order valence-corrected chi connectivity index (χ2v) is 6.41. The topological polar surface area (TPSA) is 40.5 Å². The third-order valence-electron chi connectivity index (χ3n) is 4.74. The first-order valence-corrected chi connectivity index (χ1v) is 7.71. The lowest BCUT2D eigenvalue weighted by Gasteiger charge is -2.34. The van der Waals surface area contributed by atoms with Gasteiger partial charge in [-0.15, -0.1) is 0 Å². The van der Waals surface area contributed by atoms with E-state index in [1.807, 2.05) is 23.1 Å². The Labute approximate surface area is 120 Å². The van der Waals surface area contributed by atoms with Crippen LogP contribution in [0.1, 0.15) is 51.0 Å². The minimum atomic E-state index is -0.771. The molecule has 1 N–H and O–H groups in total. The highest BCUT2D eigenvalue weighted by Gasteiger charge is 2.37. The van der Waals surface area contributed by atoms with Crippen LogP contribution in [0.3, 0.4) is 0 Å². The maximum Gasteiger partial charge on any atom is 0.230 e. The number of amides is 1. The molecule has 0 saturated heterocycles. The van der Waals surface area contributed by atoms with E-state index in [2.05, 4.69) is 13.0 Å². The first kappa shape index (κ1) is 13.6. The second kappa shape index (κ2) is 5.21. The molecule has 1 saturated carbocycles. The molecule has 0 bridgehead atoms. The predicted molar refractivity (Wildman–Crippen MR) is 79.7 cm³/mol. The van der Waals surface area contributed by atoms with Crippen molar-refractivity contribution in [1.29, 1.82) is 0 Å². The average Bonchev–Trinajstić information content (AvgIpc) is 2.74. The lowest BCUT2D eigenvalue weighted by atomic mass is 9.82. The van der Waals surface area contributed by atoms with Crippen LogP contribution < -0.4 is 4.90 Å². The van der Waals surface area contributed by atoms with E-state index in [0.717, 1.165) is 37.8 Å². The monoisotopic (exact) mass is 273 g/mol. The Balaban J connectivity index is 1.77. The molecule has 1 aliphatic carbocycles. The van der Waals surface area contributed by atoms with Crippen LogP contribution in [0.5, 0.6) is 0 Å². The number of para-hydroxylation sites is 1. The van der Waals surface area contributed by atoms with Crippen molar-refractivity contribution in [2.45, 2.75) is 63.5 Å². The minimum absolute atomic E-state index is 0.0758. The molecule has 1 fully saturated rings. The molecule has 3 nitrogen and oxygen atoms in total. The van der Waals surface area contributed by atoms with Gasteiger partial charge in [0, 0.05) is 11.7 Å². The number of benzene rings is 1. The van der Waals surface area contributed by atoms with E-state index in [9.17, 15) is 9.90 Å². The number of rotatable bonds is 2. The van der Waals surface area contributed by atoms with E-state index < -0.39 is 5.60 Å². The maximum atomic E-state index is 12.7. The number of hydrogen-bond acceptors (Lipinski definition) is 2. The molecule has 1 atom stereocenters. The van der Waals surface area contributed by atoms with Gasteiger partial charge in [-0.2, -0.15) is 0 Å². The molecule has 3 rings (SSSR count). The lowest BCUT2D eigenvalue weighted by molar-refractivity contribution is -0.125. The van der Waals surface area contributed by atoms with E-state index in [0.29, 0.717) is 0 Å². The highest BCUT2D eigenvalue weighted by molar-refractivity contribution is 5.96. The molecule has 1 aromatic carbocycles. The van der Waals surface area contributed by atoms with Crippen LogP contribution in [-0.2, 0) is 11.2 Å². The number of nitrogens with zero attached hydrogens (tertiary/aromatic N) is 1. The summed E-state index contributed by atoms with van der Waals surface area (Å²) in [5.74, 6) is 0.0758. The lowest BCUT2D eigenvalue weighted by Crippen LogP contribution is -2.42. The summed E-state index contributed by atoms with van der Waals surface area (Å²) in [5.41, 5.74) is 1.50. The van der Waals surface area contributed by atoms with Crippen molar-refractivity contribution in [2.75, 3.05) is 4.90 Å². The molecule has 1 unspecified atom stereocenters. The van der Waals surface area contributed by atoms with Gasteiger partial charge in [0.2, 0.25) is 5.91 Å². The van der Waals surface area contributed by atoms with E-state index in [1.54, 1.807) is 0 Å². The molecule has 2 aliphatic rings. The summed E-state index contributed by atoms with van der Waals surface area (Å²) in [6, 6.07) is 8.31. The van der Waals surface area contributed by atoms with Crippen molar-refractivity contribution in [3.05, 3.63) is 29.8 Å². The van der Waals surface area contributed by atoms with Crippen LogP contribution in [-0.4, -0.2) is 22.7 Å². The number of aliphatic hydroxyl groups is 1. The summed E-state index contributed by atoms with van der Waals surface area (Å²) >= 11 is 0. The summed E-state index contributed by atoms with van der Waals surface area (Å²) in [6.07, 6.45) is 5.97. The Morgan fingerprint density at radius 1 is 1.30 bits per heavy atom. The summed E-state index contributed by atoms with van der Waals surface area (Å²) in [4.78, 5) is 14.5. The fraction of sp³-hybridized carbons (Fsp3) is 0.588. The molecule has 1 heterocycles. The van der Waals surface area contributed by atoms with Crippen LogP contribution in [0.15, 0.2) is 24.3 Å². The largest absolute Gasteiger partial charge is 0.389 e. The Kier molecular flexibility index (Phi) is 3.55. The Morgan fingerprint density at radius 2 is 2.00 bits per heavy atom. The van der Waals surface area contributed by atoms with Crippen LogP contribution >= 0.6 is 0 Å². The molecule has 20 heavy (non-hydrogen) atoms. The first-order valence-electron chi connectivity index (χ1n) is 7.71. The van der Waals surface area contributed by atoms with Gasteiger partial charge >= 0.3 is 0 Å². The standard InChI is InChI=1S/C17H23NO2/c1-13-11-14-7-3-4-8-15(14)18(13)16(19)12-17(20)9-5-2-6-10-17/h3-4,7-8,13,20H,2,5-6,9-12H2,1H3. The average molecular weight is 273 g/mol. The summed E-state index contributed by atoms with van der Waals surface area (Å²) in [7, 11) is 0. The van der Waals surface area contributed by atoms with Gasteiger partial charge in [0.15, 0.2) is 0 Å². The quantitative estimate of drug-likeness (QED) is 0.899. The molecule has 3 heteroatoms. The Bertz CT molecular complexity index is 505. The molecule has 108 valence electrons. The van der Waals surface area contributed by atoms with Crippen LogP contribution in [0.4, 0.5) is 5.69 Å². The molecular formula is C17H23NO2. The minimum Gasteiger partial charge on any atom is -0.389 e. The van der Waals surface area contributed by atoms with Gasteiger partial charge in [0.25, 0.3) is 0 Å². The molecule has 0 radical (unpaired) electrons. The highest BCUT2D eigenvalue weighted by atomic mass is 16.3. The van der Waals surface area contributed by atoms with Crippen LogP contribution in [0, 0.1) is 0 Å². The predicted octanol–water partition coefficient (Wildman–Crippen LogP) is 3.05. The number of carbonyl (C=O) groups is 1. The van der Waals surface area contributed by atoms with Gasteiger partial charge in [0.1, 0.15) is 0 Å². The SMILES string of the molecule is CC1Cc2ccccc2N1C(=O)CC1(O)CCCCC1. The van der Waals surface area contributed by atoms with Crippen molar-refractivity contribution >= 4 is 11.6 Å². The number of fused-ring (bicyclic) bond motifs is 1. The Morgan fingerprint density at radius 3 is 2.75 bits per heavy atom. The Hall–Kier alpha value is -1.35. The van der Waals surface area contributed by atoms with Gasteiger partial charge in [0.05, 0.1) is 12.0 Å². The molecule has 1 aliphatic heterocycles. The van der Waals surface area contributed by atoms with Crippen molar-refractivity contribution in [2.24, 2.45) is 0 Å². The third kappa shape index (κ3) is 2.47. The van der Waals surface area contributed by atoms with Crippen molar-refractivity contribution < 1.29 is 9.90 Å². The van der Waals surface area contributed by atoms with E-state index >= 15 is 0 Å². The summed E-state index contributed by atoms with van der Waals surface area (Å²) in [6.45, 7) is 2.09.